The van der Waals surface area contributed by atoms with Gasteiger partial charge in [0.05, 0.1) is 0 Å². The van der Waals surface area contributed by atoms with Crippen LogP contribution in [0.4, 0.5) is 0 Å². The van der Waals surface area contributed by atoms with E-state index < -0.39 is 6.04 Å². The quantitative estimate of drug-likeness (QED) is 0.412. The third-order valence-electron chi connectivity index (χ3n) is 6.91. The fraction of sp³-hybridized carbons (Fsp3) is 0.517. The van der Waals surface area contributed by atoms with Crippen LogP contribution in [0.2, 0.25) is 5.02 Å². The van der Waals surface area contributed by atoms with Gasteiger partial charge >= 0.3 is 0 Å². The summed E-state index contributed by atoms with van der Waals surface area (Å²) in [6.45, 7) is 6.66. The lowest BCUT2D eigenvalue weighted by Crippen LogP contribution is -2.51. The summed E-state index contributed by atoms with van der Waals surface area (Å²) >= 11 is 6.43. The Labute approximate surface area is 210 Å². The summed E-state index contributed by atoms with van der Waals surface area (Å²) < 4.78 is 0. The number of nitrogens with zero attached hydrogens (tertiary/aromatic N) is 1. The maximum absolute atomic E-state index is 13.5. The molecule has 0 radical (unpaired) electrons. The van der Waals surface area contributed by atoms with Gasteiger partial charge in [0.25, 0.3) is 0 Å². The molecular weight excluding hydrogens is 444 g/mol. The topological polar surface area (TPSA) is 49.4 Å². The van der Waals surface area contributed by atoms with Crippen LogP contribution in [-0.4, -0.2) is 28.8 Å². The van der Waals surface area contributed by atoms with Crippen molar-refractivity contribution < 1.29 is 9.59 Å². The Bertz CT molecular complexity index is 935. The average Bonchev–Trinajstić information content (AvgIpc) is 2.84. The van der Waals surface area contributed by atoms with Crippen LogP contribution in [-0.2, 0) is 22.6 Å². The van der Waals surface area contributed by atoms with Crippen molar-refractivity contribution >= 4 is 23.4 Å². The largest absolute Gasteiger partial charge is 0.352 e. The third-order valence-corrected chi connectivity index (χ3v) is 7.28. The maximum atomic E-state index is 13.5. The normalized spacial score (nSPS) is 15.2. The van der Waals surface area contributed by atoms with Crippen LogP contribution in [0.1, 0.15) is 88.3 Å². The number of hydrogen-bond acceptors (Lipinski definition) is 2. The lowest BCUT2D eigenvalue weighted by atomic mass is 9.95. The van der Waals surface area contributed by atoms with Gasteiger partial charge in [-0.1, -0.05) is 94.1 Å². The molecule has 1 saturated carbocycles. The Hall–Kier alpha value is -2.33. The van der Waals surface area contributed by atoms with Gasteiger partial charge in [0.15, 0.2) is 0 Å². The monoisotopic (exact) mass is 482 g/mol. The second kappa shape index (κ2) is 12.9. The standard InChI is InChI=1S/C29H39ClN2O2/c1-4-27(29(34)31-25-11-6-5-7-12-25)32(20-24-10-8-9-13-26(24)30)28(33)19-16-22-14-17-23(18-15-22)21(2)3/h8-10,13-15,17-18,21,25,27H,4-7,11-12,16,19-20H2,1-3H3,(H,31,34)/t27-/m1/s1. The molecule has 3 rings (SSSR count). The summed E-state index contributed by atoms with van der Waals surface area (Å²) in [6.07, 6.45) is 7.16. The van der Waals surface area contributed by atoms with Crippen molar-refractivity contribution in [1.82, 2.24) is 10.2 Å². The first-order valence-corrected chi connectivity index (χ1v) is 13.2. The average molecular weight is 483 g/mol. The number of amides is 2. The molecule has 0 aromatic heterocycles. The summed E-state index contributed by atoms with van der Waals surface area (Å²) in [5.74, 6) is 0.421. The molecule has 1 N–H and O–H groups in total. The summed E-state index contributed by atoms with van der Waals surface area (Å²) in [4.78, 5) is 28.5. The number of carbonyl (C=O) groups excluding carboxylic acids is 2. The van der Waals surface area contributed by atoms with E-state index in [0.717, 1.165) is 36.8 Å². The molecule has 2 aromatic carbocycles. The summed E-state index contributed by atoms with van der Waals surface area (Å²) in [6, 6.07) is 15.8. The molecule has 0 bridgehead atoms. The van der Waals surface area contributed by atoms with E-state index in [4.69, 9.17) is 11.6 Å². The van der Waals surface area contributed by atoms with Crippen LogP contribution in [0.25, 0.3) is 0 Å². The molecule has 0 saturated heterocycles. The number of hydrogen-bond donors (Lipinski definition) is 1. The lowest BCUT2D eigenvalue weighted by molar-refractivity contribution is -0.141. The molecule has 1 aliphatic rings. The van der Waals surface area contributed by atoms with Gasteiger partial charge in [-0.05, 0) is 54.4 Å². The summed E-state index contributed by atoms with van der Waals surface area (Å²) in [7, 11) is 0. The molecule has 0 heterocycles. The zero-order valence-corrected chi connectivity index (χ0v) is 21.6. The Morgan fingerprint density at radius 3 is 2.32 bits per heavy atom. The molecule has 2 amide bonds. The van der Waals surface area contributed by atoms with Gasteiger partial charge in [0.2, 0.25) is 11.8 Å². The predicted octanol–water partition coefficient (Wildman–Crippen LogP) is 6.65. The number of halogens is 1. The smallest absolute Gasteiger partial charge is 0.243 e. The Morgan fingerprint density at radius 2 is 1.71 bits per heavy atom. The number of carbonyl (C=O) groups is 2. The molecule has 0 aliphatic heterocycles. The van der Waals surface area contributed by atoms with E-state index in [-0.39, 0.29) is 17.9 Å². The van der Waals surface area contributed by atoms with Crippen molar-refractivity contribution in [2.45, 2.75) is 96.7 Å². The lowest BCUT2D eigenvalue weighted by Gasteiger charge is -2.33. The molecule has 1 aliphatic carbocycles. The van der Waals surface area contributed by atoms with E-state index in [9.17, 15) is 9.59 Å². The predicted molar refractivity (Wildman–Crippen MR) is 140 cm³/mol. The second-order valence-electron chi connectivity index (χ2n) is 9.78. The van der Waals surface area contributed by atoms with Crippen LogP contribution >= 0.6 is 11.6 Å². The number of aryl methyl sites for hydroxylation is 1. The number of nitrogens with one attached hydrogen (secondary N) is 1. The van der Waals surface area contributed by atoms with Crippen molar-refractivity contribution in [3.05, 3.63) is 70.2 Å². The second-order valence-corrected chi connectivity index (χ2v) is 10.2. The fourth-order valence-electron chi connectivity index (χ4n) is 4.74. The molecule has 4 nitrogen and oxygen atoms in total. The first-order valence-electron chi connectivity index (χ1n) is 12.8. The molecule has 1 atom stereocenters. The van der Waals surface area contributed by atoms with E-state index in [1.54, 1.807) is 4.90 Å². The SMILES string of the molecule is CC[C@H](C(=O)NC1CCCCC1)N(Cc1ccccc1Cl)C(=O)CCc1ccc(C(C)C)cc1. The molecule has 0 unspecified atom stereocenters. The Morgan fingerprint density at radius 1 is 1.03 bits per heavy atom. The van der Waals surface area contributed by atoms with Gasteiger partial charge in [0.1, 0.15) is 6.04 Å². The molecule has 2 aromatic rings. The molecule has 184 valence electrons. The van der Waals surface area contributed by atoms with Crippen molar-refractivity contribution in [2.24, 2.45) is 0 Å². The van der Waals surface area contributed by atoms with Crippen LogP contribution < -0.4 is 5.32 Å². The van der Waals surface area contributed by atoms with E-state index in [1.807, 2.05) is 31.2 Å². The van der Waals surface area contributed by atoms with Crippen LogP contribution in [0, 0.1) is 0 Å². The summed E-state index contributed by atoms with van der Waals surface area (Å²) in [5, 5.41) is 3.85. The Balaban J connectivity index is 1.74. The third kappa shape index (κ3) is 7.33. The van der Waals surface area contributed by atoms with Gasteiger partial charge in [-0.2, -0.15) is 0 Å². The van der Waals surface area contributed by atoms with Crippen molar-refractivity contribution in [3.63, 3.8) is 0 Å². The van der Waals surface area contributed by atoms with Gasteiger partial charge in [-0.3, -0.25) is 9.59 Å². The van der Waals surface area contributed by atoms with Crippen molar-refractivity contribution in [3.8, 4) is 0 Å². The molecular formula is C29H39ClN2O2. The molecule has 5 heteroatoms. The number of benzene rings is 2. The minimum atomic E-state index is -0.506. The van der Waals surface area contributed by atoms with Crippen molar-refractivity contribution in [2.75, 3.05) is 0 Å². The van der Waals surface area contributed by atoms with Crippen molar-refractivity contribution in [1.29, 1.82) is 0 Å². The van der Waals surface area contributed by atoms with Crippen LogP contribution in [0.3, 0.4) is 0 Å². The highest BCUT2D eigenvalue weighted by molar-refractivity contribution is 6.31. The zero-order valence-electron chi connectivity index (χ0n) is 20.9. The summed E-state index contributed by atoms with van der Waals surface area (Å²) in [5.41, 5.74) is 3.29. The zero-order chi connectivity index (χ0) is 24.5. The first kappa shape index (κ1) is 26.3. The highest BCUT2D eigenvalue weighted by Crippen LogP contribution is 2.23. The van der Waals surface area contributed by atoms with Gasteiger partial charge in [-0.25, -0.2) is 0 Å². The highest BCUT2D eigenvalue weighted by Gasteiger charge is 2.30. The van der Waals surface area contributed by atoms with Crippen LogP contribution in [0.15, 0.2) is 48.5 Å². The fourth-order valence-corrected chi connectivity index (χ4v) is 4.93. The first-order chi connectivity index (χ1) is 16.4. The minimum absolute atomic E-state index is 0.0153. The molecule has 0 spiro atoms. The van der Waals surface area contributed by atoms with E-state index >= 15 is 0 Å². The van der Waals surface area contributed by atoms with Gasteiger partial charge < -0.3 is 10.2 Å². The highest BCUT2D eigenvalue weighted by atomic mass is 35.5. The van der Waals surface area contributed by atoms with Crippen LogP contribution in [0.5, 0.6) is 0 Å². The van der Waals surface area contributed by atoms with E-state index in [0.29, 0.717) is 36.7 Å². The van der Waals surface area contributed by atoms with E-state index in [2.05, 4.69) is 43.4 Å². The maximum Gasteiger partial charge on any atom is 0.243 e. The van der Waals surface area contributed by atoms with Gasteiger partial charge in [-0.15, -0.1) is 0 Å². The Kier molecular flexibility index (Phi) is 10.0. The minimum Gasteiger partial charge on any atom is -0.352 e. The number of rotatable bonds is 10. The van der Waals surface area contributed by atoms with Gasteiger partial charge in [0, 0.05) is 24.0 Å². The molecule has 1 fully saturated rings. The molecule has 34 heavy (non-hydrogen) atoms. The van der Waals surface area contributed by atoms with E-state index in [1.165, 1.54) is 12.0 Å².